The van der Waals surface area contributed by atoms with Gasteiger partial charge in [0.1, 0.15) is 5.75 Å². The van der Waals surface area contributed by atoms with Gasteiger partial charge in [0.05, 0.1) is 7.11 Å². The Kier molecular flexibility index (Phi) is 8.36. The molecule has 0 radical (unpaired) electrons. The van der Waals surface area contributed by atoms with Gasteiger partial charge in [-0.1, -0.05) is 44.9 Å². The van der Waals surface area contributed by atoms with Gasteiger partial charge in [0, 0.05) is 18.3 Å². The van der Waals surface area contributed by atoms with E-state index in [0.29, 0.717) is 5.92 Å². The van der Waals surface area contributed by atoms with Crippen molar-refractivity contribution in [2.75, 3.05) is 13.7 Å². The Bertz CT molecular complexity index is 814. The van der Waals surface area contributed by atoms with Crippen LogP contribution in [0, 0.1) is 5.92 Å². The van der Waals surface area contributed by atoms with Crippen molar-refractivity contribution in [2.45, 2.75) is 71.6 Å². The zero-order chi connectivity index (χ0) is 21.3. The number of carbonyl (C=O) groups is 1. The maximum absolute atomic E-state index is 13.3. The molecule has 0 atom stereocenters. The second kappa shape index (κ2) is 11.2. The highest BCUT2D eigenvalue weighted by Crippen LogP contribution is 2.34. The fraction of sp³-hybridized carbons (Fsp3) is 0.519. The zero-order valence-corrected chi connectivity index (χ0v) is 19.0. The molecule has 0 unspecified atom stereocenters. The van der Waals surface area contributed by atoms with Crippen molar-refractivity contribution in [3.8, 4) is 5.75 Å². The molecule has 1 amide bonds. The molecule has 3 nitrogen and oxygen atoms in total. The van der Waals surface area contributed by atoms with Crippen LogP contribution in [0.25, 0.3) is 6.08 Å². The van der Waals surface area contributed by atoms with Gasteiger partial charge in [0.25, 0.3) is 5.91 Å². The highest BCUT2D eigenvalue weighted by molar-refractivity contribution is 5.93. The number of nitrogens with zero attached hydrogens (tertiary/aromatic N) is 1. The van der Waals surface area contributed by atoms with Crippen molar-refractivity contribution >= 4 is 12.0 Å². The maximum atomic E-state index is 13.3. The Morgan fingerprint density at radius 1 is 1.17 bits per heavy atom. The summed E-state index contributed by atoms with van der Waals surface area (Å²) in [6.45, 7) is 5.21. The van der Waals surface area contributed by atoms with Crippen molar-refractivity contribution in [3.63, 3.8) is 0 Å². The third-order valence-corrected chi connectivity index (χ3v) is 6.07. The Morgan fingerprint density at radius 3 is 2.67 bits per heavy atom. The number of allylic oxidation sites excluding steroid dienone is 3. The van der Waals surface area contributed by atoms with Gasteiger partial charge in [-0.15, -0.1) is 0 Å². The van der Waals surface area contributed by atoms with Crippen molar-refractivity contribution < 1.29 is 9.53 Å². The van der Waals surface area contributed by atoms with Crippen LogP contribution in [0.4, 0.5) is 0 Å². The summed E-state index contributed by atoms with van der Waals surface area (Å²) in [6.07, 6.45) is 18.6. The van der Waals surface area contributed by atoms with Crippen molar-refractivity contribution in [2.24, 2.45) is 5.92 Å². The number of benzene rings is 1. The standard InChI is InChI=1S/C27H37NO2/c1-4-6-7-10-24-11-8-9-12-25(24)28(20-22-13-14-22)27(29)18-16-21-15-17-26(30-3)23(5-2)19-21/h11-12,15-19,22H,4-10,13-14,20H2,1-3H3/b18-16+. The molecule has 1 fully saturated rings. The summed E-state index contributed by atoms with van der Waals surface area (Å²) < 4.78 is 5.42. The summed E-state index contributed by atoms with van der Waals surface area (Å²) in [5, 5.41) is 0. The monoisotopic (exact) mass is 407 g/mol. The van der Waals surface area contributed by atoms with Gasteiger partial charge in [-0.2, -0.15) is 0 Å². The topological polar surface area (TPSA) is 29.5 Å². The van der Waals surface area contributed by atoms with Crippen LogP contribution in [0.1, 0.15) is 76.3 Å². The fourth-order valence-electron chi connectivity index (χ4n) is 4.09. The Hall–Kier alpha value is -2.29. The molecular weight excluding hydrogens is 370 g/mol. The smallest absolute Gasteiger partial charge is 0.250 e. The number of unbranched alkanes of at least 4 members (excludes halogenated alkanes) is 2. The van der Waals surface area contributed by atoms with Crippen LogP contribution in [-0.4, -0.2) is 24.5 Å². The number of carbonyl (C=O) groups excluding carboxylic acids is 1. The van der Waals surface area contributed by atoms with Crippen LogP contribution in [0.5, 0.6) is 5.75 Å². The van der Waals surface area contributed by atoms with E-state index in [1.54, 1.807) is 13.2 Å². The first-order valence-corrected chi connectivity index (χ1v) is 11.7. The molecule has 3 rings (SSSR count). The molecule has 1 aromatic rings. The lowest BCUT2D eigenvalue weighted by Crippen LogP contribution is -2.32. The van der Waals surface area contributed by atoms with Crippen LogP contribution in [0.3, 0.4) is 0 Å². The lowest BCUT2D eigenvalue weighted by Gasteiger charge is -2.28. The highest BCUT2D eigenvalue weighted by Gasteiger charge is 2.29. The quantitative estimate of drug-likeness (QED) is 0.302. The van der Waals surface area contributed by atoms with Gasteiger partial charge < -0.3 is 9.64 Å². The summed E-state index contributed by atoms with van der Waals surface area (Å²) in [5.41, 5.74) is 4.75. The molecule has 0 aromatic heterocycles. The van der Waals surface area contributed by atoms with Crippen molar-refractivity contribution in [3.05, 3.63) is 58.8 Å². The number of ether oxygens (including phenoxy) is 1. The third kappa shape index (κ3) is 6.10. The Balaban J connectivity index is 1.76. The van der Waals surface area contributed by atoms with Gasteiger partial charge in [-0.25, -0.2) is 0 Å². The molecule has 0 heterocycles. The maximum Gasteiger partial charge on any atom is 0.250 e. The molecule has 2 aliphatic carbocycles. The van der Waals surface area contributed by atoms with E-state index in [9.17, 15) is 4.79 Å². The Labute approximate surface area is 182 Å². The molecular formula is C27H37NO2. The first kappa shape index (κ1) is 22.4. The molecule has 1 saturated carbocycles. The van der Waals surface area contributed by atoms with Crippen LogP contribution in [-0.2, 0) is 11.2 Å². The highest BCUT2D eigenvalue weighted by atomic mass is 16.5. The molecule has 0 aliphatic heterocycles. The summed E-state index contributed by atoms with van der Waals surface area (Å²) in [6, 6.07) is 6.12. The van der Waals surface area contributed by atoms with Crippen LogP contribution in [0.15, 0.2) is 47.7 Å². The first-order chi connectivity index (χ1) is 14.7. The third-order valence-electron chi connectivity index (χ3n) is 6.07. The number of rotatable bonds is 11. The number of methoxy groups -OCH3 is 1. The second-order valence-electron chi connectivity index (χ2n) is 8.50. The number of hydrogen-bond donors (Lipinski definition) is 0. The average molecular weight is 408 g/mol. The van der Waals surface area contributed by atoms with Gasteiger partial charge in [0.2, 0.25) is 0 Å². The van der Waals surface area contributed by atoms with E-state index >= 15 is 0 Å². The number of hydrogen-bond acceptors (Lipinski definition) is 2. The fourth-order valence-corrected chi connectivity index (χ4v) is 4.09. The van der Waals surface area contributed by atoms with E-state index in [1.165, 1.54) is 43.4 Å². The molecule has 0 bridgehead atoms. The molecule has 2 aliphatic rings. The summed E-state index contributed by atoms with van der Waals surface area (Å²) in [7, 11) is 1.70. The predicted molar refractivity (Wildman–Crippen MR) is 125 cm³/mol. The number of amides is 1. The first-order valence-electron chi connectivity index (χ1n) is 11.7. The van der Waals surface area contributed by atoms with E-state index < -0.39 is 0 Å². The van der Waals surface area contributed by atoms with E-state index in [4.69, 9.17) is 4.74 Å². The second-order valence-corrected chi connectivity index (χ2v) is 8.50. The molecule has 1 aromatic carbocycles. The molecule has 162 valence electrons. The minimum absolute atomic E-state index is 0.102. The lowest BCUT2D eigenvalue weighted by molar-refractivity contribution is -0.124. The molecule has 0 spiro atoms. The minimum Gasteiger partial charge on any atom is -0.496 e. The number of aryl methyl sites for hydroxylation is 1. The van der Waals surface area contributed by atoms with Gasteiger partial charge in [-0.05, 0) is 85.8 Å². The minimum atomic E-state index is 0.102. The molecule has 3 heteroatoms. The molecule has 0 saturated heterocycles. The van der Waals surface area contributed by atoms with Crippen molar-refractivity contribution in [1.29, 1.82) is 0 Å². The lowest BCUT2D eigenvalue weighted by atomic mass is 9.96. The van der Waals surface area contributed by atoms with E-state index in [1.807, 2.05) is 18.2 Å². The largest absolute Gasteiger partial charge is 0.496 e. The van der Waals surface area contributed by atoms with Gasteiger partial charge >= 0.3 is 0 Å². The van der Waals surface area contributed by atoms with Crippen LogP contribution < -0.4 is 4.74 Å². The van der Waals surface area contributed by atoms with Crippen molar-refractivity contribution in [1.82, 2.24) is 4.90 Å². The predicted octanol–water partition coefficient (Wildman–Crippen LogP) is 6.69. The van der Waals surface area contributed by atoms with Gasteiger partial charge in [-0.3, -0.25) is 4.79 Å². The van der Waals surface area contributed by atoms with E-state index in [-0.39, 0.29) is 5.91 Å². The van der Waals surface area contributed by atoms with Crippen LogP contribution >= 0.6 is 0 Å². The summed E-state index contributed by atoms with van der Waals surface area (Å²) >= 11 is 0. The van der Waals surface area contributed by atoms with E-state index in [0.717, 1.165) is 49.1 Å². The summed E-state index contributed by atoms with van der Waals surface area (Å²) in [5.74, 6) is 1.67. The van der Waals surface area contributed by atoms with E-state index in [2.05, 4.69) is 37.0 Å². The Morgan fingerprint density at radius 2 is 1.97 bits per heavy atom. The average Bonchev–Trinajstić information content (AvgIpc) is 3.60. The summed E-state index contributed by atoms with van der Waals surface area (Å²) in [4.78, 5) is 15.3. The van der Waals surface area contributed by atoms with Gasteiger partial charge in [0.15, 0.2) is 0 Å². The SMILES string of the molecule is CCCCCC1=CCCC=C1N(CC1CC1)C(=O)/C=C/c1ccc(OC)c(CC)c1. The molecule has 0 N–H and O–H groups in total. The van der Waals surface area contributed by atoms with Crippen LogP contribution in [0.2, 0.25) is 0 Å². The normalized spacial score (nSPS) is 16.4. The molecule has 30 heavy (non-hydrogen) atoms. The zero-order valence-electron chi connectivity index (χ0n) is 19.0.